The van der Waals surface area contributed by atoms with Gasteiger partial charge in [-0.15, -0.1) is 0 Å². The highest BCUT2D eigenvalue weighted by atomic mass is 79.9. The molecule has 1 heterocycles. The average Bonchev–Trinajstić information content (AvgIpc) is 2.46. The van der Waals surface area contributed by atoms with E-state index < -0.39 is 0 Å². The molecule has 4 heteroatoms. The van der Waals surface area contributed by atoms with E-state index in [1.165, 1.54) is 12.8 Å². The first-order valence-electron chi connectivity index (χ1n) is 5.35. The second-order valence-electron chi connectivity index (χ2n) is 3.98. The van der Waals surface area contributed by atoms with Crippen molar-refractivity contribution in [3.63, 3.8) is 0 Å². The largest absolute Gasteiger partial charge is 0.268 e. The minimum absolute atomic E-state index is 0.643. The lowest BCUT2D eigenvalue weighted by molar-refractivity contribution is 0.422. The molecule has 1 unspecified atom stereocenters. The quantitative estimate of drug-likeness (QED) is 0.751. The Morgan fingerprint density at radius 2 is 2.13 bits per heavy atom. The Hall–Kier alpha value is -0.0200. The van der Waals surface area contributed by atoms with Crippen molar-refractivity contribution in [1.82, 2.24) is 9.78 Å². The van der Waals surface area contributed by atoms with Gasteiger partial charge in [0.2, 0.25) is 0 Å². The molecule has 0 radical (unpaired) electrons. The van der Waals surface area contributed by atoms with Crippen LogP contribution >= 0.6 is 27.5 Å². The summed E-state index contributed by atoms with van der Waals surface area (Å²) >= 11 is 9.66. The summed E-state index contributed by atoms with van der Waals surface area (Å²) < 4.78 is 2.03. The van der Waals surface area contributed by atoms with Gasteiger partial charge in [0.25, 0.3) is 0 Å². The molecule has 0 fully saturated rings. The monoisotopic (exact) mass is 292 g/mol. The lowest BCUT2D eigenvalue weighted by Crippen LogP contribution is -2.14. The van der Waals surface area contributed by atoms with E-state index in [0.29, 0.717) is 5.92 Å². The maximum Gasteiger partial charge on any atom is 0.0844 e. The Kier molecular flexibility index (Phi) is 5.13. The summed E-state index contributed by atoms with van der Waals surface area (Å²) in [4.78, 5) is 0. The fourth-order valence-corrected chi connectivity index (χ4v) is 2.39. The van der Waals surface area contributed by atoms with Crippen molar-refractivity contribution in [1.29, 1.82) is 0 Å². The highest BCUT2D eigenvalue weighted by Crippen LogP contribution is 2.21. The van der Waals surface area contributed by atoms with Crippen LogP contribution in [-0.4, -0.2) is 15.1 Å². The number of aryl methyl sites for hydroxylation is 1. The maximum atomic E-state index is 6.11. The molecular formula is C11H18BrClN2. The number of nitrogens with zero attached hydrogens (tertiary/aromatic N) is 2. The fourth-order valence-electron chi connectivity index (χ4n) is 1.72. The Labute approximate surface area is 105 Å². The van der Waals surface area contributed by atoms with E-state index in [1.54, 1.807) is 0 Å². The second kappa shape index (κ2) is 5.90. The third kappa shape index (κ3) is 3.22. The van der Waals surface area contributed by atoms with Crippen LogP contribution in [0.3, 0.4) is 0 Å². The number of hydrogen-bond donors (Lipinski definition) is 0. The summed E-state index contributed by atoms with van der Waals surface area (Å²) in [5.74, 6) is 0.643. The summed E-state index contributed by atoms with van der Waals surface area (Å²) in [5, 5.41) is 6.27. The molecule has 0 aliphatic carbocycles. The minimum atomic E-state index is 0.643. The molecule has 1 aromatic rings. The van der Waals surface area contributed by atoms with Crippen LogP contribution in [0, 0.1) is 19.8 Å². The van der Waals surface area contributed by atoms with Gasteiger partial charge in [0.05, 0.1) is 16.4 Å². The molecule has 15 heavy (non-hydrogen) atoms. The van der Waals surface area contributed by atoms with Crippen molar-refractivity contribution < 1.29 is 0 Å². The number of rotatable bonds is 5. The Bertz CT molecular complexity index is 323. The molecule has 0 aliphatic rings. The average molecular weight is 294 g/mol. The lowest BCUT2D eigenvalue weighted by Gasteiger charge is -2.13. The molecule has 0 N–H and O–H groups in total. The van der Waals surface area contributed by atoms with Crippen molar-refractivity contribution in [2.45, 2.75) is 40.2 Å². The summed E-state index contributed by atoms with van der Waals surface area (Å²) in [6.07, 6.45) is 2.44. The first kappa shape index (κ1) is 13.0. The van der Waals surface area contributed by atoms with Crippen LogP contribution < -0.4 is 0 Å². The van der Waals surface area contributed by atoms with Gasteiger partial charge in [-0.2, -0.15) is 5.10 Å². The third-order valence-electron chi connectivity index (χ3n) is 2.64. The zero-order valence-corrected chi connectivity index (χ0v) is 11.9. The van der Waals surface area contributed by atoms with Crippen LogP contribution in [0.4, 0.5) is 0 Å². The van der Waals surface area contributed by atoms with Gasteiger partial charge in [0, 0.05) is 11.9 Å². The van der Waals surface area contributed by atoms with E-state index in [1.807, 2.05) is 18.5 Å². The van der Waals surface area contributed by atoms with E-state index in [4.69, 9.17) is 11.6 Å². The predicted octanol–water partition coefficient (Wildman–Crippen LogP) is 3.96. The van der Waals surface area contributed by atoms with Crippen LogP contribution in [0.2, 0.25) is 5.02 Å². The molecule has 0 saturated carbocycles. The highest BCUT2D eigenvalue weighted by molar-refractivity contribution is 9.09. The van der Waals surface area contributed by atoms with Gasteiger partial charge in [0.1, 0.15) is 0 Å². The van der Waals surface area contributed by atoms with E-state index in [9.17, 15) is 0 Å². The van der Waals surface area contributed by atoms with Crippen molar-refractivity contribution in [2.75, 3.05) is 5.33 Å². The Balaban J connectivity index is 2.74. The minimum Gasteiger partial charge on any atom is -0.268 e. The zero-order valence-electron chi connectivity index (χ0n) is 9.56. The molecule has 1 aromatic heterocycles. The second-order valence-corrected chi connectivity index (χ2v) is 5.00. The molecule has 0 aromatic carbocycles. The molecule has 1 rings (SSSR count). The van der Waals surface area contributed by atoms with Crippen molar-refractivity contribution in [3.8, 4) is 0 Å². The molecule has 0 amide bonds. The van der Waals surface area contributed by atoms with E-state index in [2.05, 4.69) is 28.0 Å². The maximum absolute atomic E-state index is 6.11. The van der Waals surface area contributed by atoms with Crippen LogP contribution in [0.25, 0.3) is 0 Å². The third-order valence-corrected chi connectivity index (χ3v) is 4.10. The van der Waals surface area contributed by atoms with Gasteiger partial charge < -0.3 is 0 Å². The fraction of sp³-hybridized carbons (Fsp3) is 0.727. The molecule has 1 atom stereocenters. The predicted molar refractivity (Wildman–Crippen MR) is 68.9 cm³/mol. The molecule has 2 nitrogen and oxygen atoms in total. The summed E-state index contributed by atoms with van der Waals surface area (Å²) in [5.41, 5.74) is 2.01. The Morgan fingerprint density at radius 3 is 2.53 bits per heavy atom. The van der Waals surface area contributed by atoms with Crippen molar-refractivity contribution in [2.24, 2.45) is 5.92 Å². The zero-order chi connectivity index (χ0) is 11.4. The van der Waals surface area contributed by atoms with Gasteiger partial charge in [0.15, 0.2) is 0 Å². The van der Waals surface area contributed by atoms with Gasteiger partial charge in [-0.3, -0.25) is 4.68 Å². The number of alkyl halides is 1. The van der Waals surface area contributed by atoms with Gasteiger partial charge >= 0.3 is 0 Å². The van der Waals surface area contributed by atoms with Crippen LogP contribution in [-0.2, 0) is 6.54 Å². The van der Waals surface area contributed by atoms with E-state index in [-0.39, 0.29) is 0 Å². The molecule has 0 aliphatic heterocycles. The number of hydrogen-bond acceptors (Lipinski definition) is 1. The molecule has 0 bridgehead atoms. The lowest BCUT2D eigenvalue weighted by atomic mass is 10.1. The number of aromatic nitrogens is 2. The molecule has 0 spiro atoms. The summed E-state index contributed by atoms with van der Waals surface area (Å²) in [6, 6.07) is 0. The van der Waals surface area contributed by atoms with Crippen LogP contribution in [0.1, 0.15) is 31.2 Å². The van der Waals surface area contributed by atoms with Crippen LogP contribution in [0.5, 0.6) is 0 Å². The normalized spacial score (nSPS) is 13.1. The standard InChI is InChI=1S/C11H18BrClN2/c1-4-5-10(6-12)7-15-9(3)11(13)8(2)14-15/h10H,4-7H2,1-3H3. The van der Waals surface area contributed by atoms with Crippen LogP contribution in [0.15, 0.2) is 0 Å². The number of halogens is 2. The van der Waals surface area contributed by atoms with Gasteiger partial charge in [-0.1, -0.05) is 40.9 Å². The van der Waals surface area contributed by atoms with E-state index >= 15 is 0 Å². The first-order valence-corrected chi connectivity index (χ1v) is 6.85. The SMILES string of the molecule is CCCC(CBr)Cn1nc(C)c(Cl)c1C. The summed E-state index contributed by atoms with van der Waals surface area (Å²) in [6.45, 7) is 7.15. The van der Waals surface area contributed by atoms with Crippen molar-refractivity contribution >= 4 is 27.5 Å². The highest BCUT2D eigenvalue weighted by Gasteiger charge is 2.13. The summed E-state index contributed by atoms with van der Waals surface area (Å²) in [7, 11) is 0. The molecule has 86 valence electrons. The first-order chi connectivity index (χ1) is 7.10. The van der Waals surface area contributed by atoms with Crippen molar-refractivity contribution in [3.05, 3.63) is 16.4 Å². The Morgan fingerprint density at radius 1 is 1.47 bits per heavy atom. The molecular weight excluding hydrogens is 275 g/mol. The van der Waals surface area contributed by atoms with E-state index in [0.717, 1.165) is 28.3 Å². The topological polar surface area (TPSA) is 17.8 Å². The molecule has 0 saturated heterocycles. The smallest absolute Gasteiger partial charge is 0.0844 e. The van der Waals surface area contributed by atoms with Gasteiger partial charge in [-0.05, 0) is 26.2 Å². The van der Waals surface area contributed by atoms with Gasteiger partial charge in [-0.25, -0.2) is 0 Å².